The van der Waals surface area contributed by atoms with Crippen LogP contribution in [0.3, 0.4) is 0 Å². The minimum absolute atomic E-state index is 0. The van der Waals surface area contributed by atoms with Crippen molar-refractivity contribution in [2.24, 2.45) is 17.8 Å². The molecule has 0 heterocycles. The third-order valence-corrected chi connectivity index (χ3v) is 1.73. The van der Waals surface area contributed by atoms with E-state index in [1.807, 2.05) is 20.8 Å². The van der Waals surface area contributed by atoms with Gasteiger partial charge in [-0.05, 0) is 38.5 Å². The lowest BCUT2D eigenvalue weighted by Crippen LogP contribution is -1.73. The van der Waals surface area contributed by atoms with Gasteiger partial charge in [-0.1, -0.05) is 85.4 Å². The summed E-state index contributed by atoms with van der Waals surface area (Å²) in [6.07, 6.45) is 12.7. The Balaban J connectivity index is -0.0000000865. The molecule has 0 bridgehead atoms. The molecule has 0 rings (SSSR count). The molecule has 0 N–H and O–H groups in total. The molecule has 19 heavy (non-hydrogen) atoms. The summed E-state index contributed by atoms with van der Waals surface area (Å²) in [4.78, 5) is 0. The average molecular weight is 269 g/mol. The second-order valence-electron chi connectivity index (χ2n) is 5.31. The normalized spacial score (nSPS) is 10.7. The average Bonchev–Trinajstić information content (AvgIpc) is 2.18. The molecule has 0 nitrogen and oxygen atoms in total. The van der Waals surface area contributed by atoms with Gasteiger partial charge in [-0.3, -0.25) is 0 Å². The highest BCUT2D eigenvalue weighted by Crippen LogP contribution is 1.91. The standard InChI is InChI=1S/3C6H12.CH4/c3*1-4-5-6(2)3;/h3*4-6H,1-3H3;1H4/b3*5-4+;. The molecule has 0 aromatic heterocycles. The zero-order valence-electron chi connectivity index (χ0n) is 14.2. The molecule has 0 amide bonds. The van der Waals surface area contributed by atoms with Crippen LogP contribution in [0.25, 0.3) is 0 Å². The minimum Gasteiger partial charge on any atom is -0.0914 e. The van der Waals surface area contributed by atoms with Crippen LogP contribution in [0, 0.1) is 17.8 Å². The fourth-order valence-electron chi connectivity index (χ4n) is 1.15. The Kier molecular flexibility index (Phi) is 31.5. The molecule has 0 aromatic rings. The van der Waals surface area contributed by atoms with E-state index in [4.69, 9.17) is 0 Å². The largest absolute Gasteiger partial charge is 0.0914 e. The van der Waals surface area contributed by atoms with E-state index in [1.54, 1.807) is 0 Å². The summed E-state index contributed by atoms with van der Waals surface area (Å²) in [5.41, 5.74) is 0. The van der Waals surface area contributed by atoms with E-state index in [2.05, 4.69) is 78.0 Å². The molecule has 0 aliphatic carbocycles. The molecular formula is C19H40. The van der Waals surface area contributed by atoms with Crippen LogP contribution < -0.4 is 0 Å². The first kappa shape index (κ1) is 26.7. The van der Waals surface area contributed by atoms with Gasteiger partial charge in [0.25, 0.3) is 0 Å². The topological polar surface area (TPSA) is 0 Å². The lowest BCUT2D eigenvalue weighted by atomic mass is 10.2. The van der Waals surface area contributed by atoms with Crippen molar-refractivity contribution in [3.8, 4) is 0 Å². The molecular weight excluding hydrogens is 228 g/mol. The first-order valence-electron chi connectivity index (χ1n) is 7.20. The van der Waals surface area contributed by atoms with Crippen LogP contribution in [-0.4, -0.2) is 0 Å². The quantitative estimate of drug-likeness (QED) is 0.471. The van der Waals surface area contributed by atoms with Crippen molar-refractivity contribution in [3.63, 3.8) is 0 Å². The second kappa shape index (κ2) is 22.4. The monoisotopic (exact) mass is 268 g/mol. The molecule has 0 atom stereocenters. The van der Waals surface area contributed by atoms with Crippen molar-refractivity contribution in [2.45, 2.75) is 69.7 Å². The zero-order chi connectivity index (χ0) is 15.0. The van der Waals surface area contributed by atoms with Crippen LogP contribution in [0.2, 0.25) is 0 Å². The van der Waals surface area contributed by atoms with Gasteiger partial charge in [0, 0.05) is 0 Å². The van der Waals surface area contributed by atoms with E-state index >= 15 is 0 Å². The predicted molar refractivity (Wildman–Crippen MR) is 95.7 cm³/mol. The Hall–Kier alpha value is -0.780. The van der Waals surface area contributed by atoms with Gasteiger partial charge in [-0.15, -0.1) is 0 Å². The van der Waals surface area contributed by atoms with Crippen LogP contribution in [-0.2, 0) is 0 Å². The second-order valence-corrected chi connectivity index (χ2v) is 5.31. The van der Waals surface area contributed by atoms with Crippen molar-refractivity contribution in [2.75, 3.05) is 0 Å². The maximum atomic E-state index is 2.17. The van der Waals surface area contributed by atoms with Crippen molar-refractivity contribution in [1.82, 2.24) is 0 Å². The van der Waals surface area contributed by atoms with E-state index in [1.165, 1.54) is 0 Å². The summed E-state index contributed by atoms with van der Waals surface area (Å²) in [6, 6.07) is 0. The number of hydrogen-bond donors (Lipinski definition) is 0. The van der Waals surface area contributed by atoms with Crippen LogP contribution in [0.15, 0.2) is 36.5 Å². The number of hydrogen-bond acceptors (Lipinski definition) is 0. The Bertz CT molecular complexity index is 164. The molecule has 0 spiro atoms. The van der Waals surface area contributed by atoms with Gasteiger partial charge in [0.2, 0.25) is 0 Å². The van der Waals surface area contributed by atoms with Crippen molar-refractivity contribution >= 4 is 0 Å². The molecule has 0 saturated heterocycles. The van der Waals surface area contributed by atoms with E-state index in [0.717, 1.165) is 17.8 Å². The third-order valence-electron chi connectivity index (χ3n) is 1.73. The Morgan fingerprint density at radius 1 is 0.474 bits per heavy atom. The SMILES string of the molecule is C.C/C=C/C(C)C.C/C=C/C(C)C.C/C=C/C(C)C. The Morgan fingerprint density at radius 2 is 0.632 bits per heavy atom. The predicted octanol–water partition coefficient (Wildman–Crippen LogP) is 7.29. The third kappa shape index (κ3) is 59.0. The van der Waals surface area contributed by atoms with Gasteiger partial charge in [0.05, 0.1) is 0 Å². The molecule has 116 valence electrons. The maximum absolute atomic E-state index is 2.17. The molecule has 0 aliphatic heterocycles. The summed E-state index contributed by atoms with van der Waals surface area (Å²) in [5, 5.41) is 0. The van der Waals surface area contributed by atoms with Crippen molar-refractivity contribution in [1.29, 1.82) is 0 Å². The summed E-state index contributed by atoms with van der Waals surface area (Å²) in [7, 11) is 0. The van der Waals surface area contributed by atoms with Gasteiger partial charge < -0.3 is 0 Å². The van der Waals surface area contributed by atoms with Gasteiger partial charge in [-0.25, -0.2) is 0 Å². The maximum Gasteiger partial charge on any atom is -0.0291 e. The molecule has 0 saturated carbocycles. The number of allylic oxidation sites excluding steroid dienone is 6. The summed E-state index contributed by atoms with van der Waals surface area (Å²) >= 11 is 0. The highest BCUT2D eigenvalue weighted by atomic mass is 13.8. The molecule has 0 aliphatic rings. The number of rotatable bonds is 3. The lowest BCUT2D eigenvalue weighted by molar-refractivity contribution is 0.830. The van der Waals surface area contributed by atoms with Gasteiger partial charge in [0.15, 0.2) is 0 Å². The van der Waals surface area contributed by atoms with Crippen LogP contribution >= 0.6 is 0 Å². The summed E-state index contributed by atoms with van der Waals surface area (Å²) in [6.45, 7) is 19.1. The fourth-order valence-corrected chi connectivity index (χ4v) is 1.15. The smallest absolute Gasteiger partial charge is 0.0291 e. The van der Waals surface area contributed by atoms with Gasteiger partial charge >= 0.3 is 0 Å². The van der Waals surface area contributed by atoms with Crippen LogP contribution in [0.1, 0.15) is 69.7 Å². The van der Waals surface area contributed by atoms with E-state index in [-0.39, 0.29) is 7.43 Å². The van der Waals surface area contributed by atoms with E-state index in [0.29, 0.717) is 0 Å². The van der Waals surface area contributed by atoms with Gasteiger partial charge in [0.1, 0.15) is 0 Å². The Labute approximate surface area is 124 Å². The molecule has 0 radical (unpaired) electrons. The fraction of sp³-hybridized carbons (Fsp3) is 0.684. The molecule has 0 heteroatoms. The minimum atomic E-state index is 0. The highest BCUT2D eigenvalue weighted by molar-refractivity contribution is 4.80. The zero-order valence-corrected chi connectivity index (χ0v) is 14.2. The van der Waals surface area contributed by atoms with Crippen molar-refractivity contribution < 1.29 is 0 Å². The van der Waals surface area contributed by atoms with E-state index < -0.39 is 0 Å². The Morgan fingerprint density at radius 3 is 0.632 bits per heavy atom. The summed E-state index contributed by atoms with van der Waals surface area (Å²) in [5.74, 6) is 2.15. The first-order valence-corrected chi connectivity index (χ1v) is 7.20. The summed E-state index contributed by atoms with van der Waals surface area (Å²) < 4.78 is 0. The molecule has 0 fully saturated rings. The lowest BCUT2D eigenvalue weighted by Gasteiger charge is -1.86. The molecule has 0 unspecified atom stereocenters. The molecule has 0 aromatic carbocycles. The van der Waals surface area contributed by atoms with Crippen LogP contribution in [0.5, 0.6) is 0 Å². The highest BCUT2D eigenvalue weighted by Gasteiger charge is 1.77. The van der Waals surface area contributed by atoms with Crippen molar-refractivity contribution in [3.05, 3.63) is 36.5 Å². The van der Waals surface area contributed by atoms with Gasteiger partial charge in [-0.2, -0.15) is 0 Å². The first-order chi connectivity index (χ1) is 8.31. The van der Waals surface area contributed by atoms with E-state index in [9.17, 15) is 0 Å². The van der Waals surface area contributed by atoms with Crippen LogP contribution in [0.4, 0.5) is 0 Å².